The van der Waals surface area contributed by atoms with Crippen molar-refractivity contribution in [3.05, 3.63) is 36.2 Å². The average molecular weight is 329 g/mol. The van der Waals surface area contributed by atoms with Gasteiger partial charge in [0.05, 0.1) is 6.61 Å². The van der Waals surface area contributed by atoms with Crippen LogP contribution in [-0.2, 0) is 4.74 Å². The molecule has 0 saturated carbocycles. The molecule has 1 atom stereocenters. The Kier molecular flexibility index (Phi) is 5.78. The monoisotopic (exact) mass is 329 g/mol. The molecule has 0 aliphatic carbocycles. The predicted molar refractivity (Wildman–Crippen MR) is 90.3 cm³/mol. The molecule has 128 valence electrons. The zero-order valence-corrected chi connectivity index (χ0v) is 14.5. The maximum atomic E-state index is 11.6. The van der Waals surface area contributed by atoms with E-state index in [-0.39, 0.29) is 18.1 Å². The number of hydrogen-bond acceptors (Lipinski definition) is 6. The highest BCUT2D eigenvalue weighted by atomic mass is 16.5. The van der Waals surface area contributed by atoms with Crippen molar-refractivity contribution in [2.45, 2.75) is 45.6 Å². The first kappa shape index (κ1) is 17.8. The van der Waals surface area contributed by atoms with E-state index in [1.165, 1.54) is 0 Å². The number of ether oxygens (including phenoxy) is 1. The largest absolute Gasteiger partial charge is 0.450 e. The van der Waals surface area contributed by atoms with Crippen LogP contribution in [0.2, 0.25) is 0 Å². The Morgan fingerprint density at radius 1 is 1.12 bits per heavy atom. The number of nitrogens with zero attached hydrogens (tertiary/aromatic N) is 4. The van der Waals surface area contributed by atoms with Gasteiger partial charge in [0.2, 0.25) is 5.82 Å². The summed E-state index contributed by atoms with van der Waals surface area (Å²) in [5.41, 5.74) is 0.561. The number of alkyl carbamates (subject to hydrolysis) is 1. The molecule has 0 bridgehead atoms. The van der Waals surface area contributed by atoms with Crippen LogP contribution in [0.4, 0.5) is 4.79 Å². The Labute approximate surface area is 141 Å². The van der Waals surface area contributed by atoms with Crippen LogP contribution in [0, 0.1) is 0 Å². The minimum Gasteiger partial charge on any atom is -0.450 e. The molecule has 1 amide bonds. The number of hydrogen-bond donors (Lipinski definition) is 1. The van der Waals surface area contributed by atoms with Gasteiger partial charge >= 0.3 is 6.09 Å². The highest BCUT2D eigenvalue weighted by Crippen LogP contribution is 2.16. The zero-order chi connectivity index (χ0) is 17.6. The number of rotatable bonds is 5. The summed E-state index contributed by atoms with van der Waals surface area (Å²) in [6.45, 7) is 7.93. The van der Waals surface area contributed by atoms with Gasteiger partial charge in [-0.2, -0.15) is 0 Å². The van der Waals surface area contributed by atoms with Crippen molar-refractivity contribution in [2.24, 2.45) is 0 Å². The number of carbonyl (C=O) groups is 1. The van der Waals surface area contributed by atoms with Gasteiger partial charge in [-0.15, -0.1) is 20.4 Å². The number of benzene rings is 1. The molecular formula is C17H23N5O2. The summed E-state index contributed by atoms with van der Waals surface area (Å²) in [5, 5.41) is 19.2. The molecule has 0 fully saturated rings. The fraction of sp³-hybridized carbons (Fsp3) is 0.471. The van der Waals surface area contributed by atoms with E-state index in [0.717, 1.165) is 5.56 Å². The lowest BCUT2D eigenvalue weighted by Crippen LogP contribution is -2.41. The fourth-order valence-corrected chi connectivity index (χ4v) is 1.94. The molecular weight excluding hydrogens is 306 g/mol. The van der Waals surface area contributed by atoms with Gasteiger partial charge in [-0.25, -0.2) is 4.79 Å². The van der Waals surface area contributed by atoms with Gasteiger partial charge in [0.25, 0.3) is 0 Å². The van der Waals surface area contributed by atoms with Crippen molar-refractivity contribution in [2.75, 3.05) is 6.61 Å². The van der Waals surface area contributed by atoms with Crippen LogP contribution in [-0.4, -0.2) is 38.6 Å². The Bertz CT molecular complexity index is 653. The molecule has 0 saturated heterocycles. The molecule has 1 unspecified atom stereocenters. The quantitative estimate of drug-likeness (QED) is 0.907. The molecule has 2 rings (SSSR count). The molecule has 0 spiro atoms. The van der Waals surface area contributed by atoms with Crippen LogP contribution in [0.15, 0.2) is 30.3 Å². The molecule has 0 aliphatic heterocycles. The lowest BCUT2D eigenvalue weighted by Gasteiger charge is -2.20. The second-order valence-corrected chi connectivity index (χ2v) is 6.65. The normalized spacial score (nSPS) is 12.5. The van der Waals surface area contributed by atoms with Crippen LogP contribution in [0.3, 0.4) is 0 Å². The summed E-state index contributed by atoms with van der Waals surface area (Å²) >= 11 is 0. The van der Waals surface area contributed by atoms with E-state index in [9.17, 15) is 4.79 Å². The van der Waals surface area contributed by atoms with Gasteiger partial charge in [0, 0.05) is 17.0 Å². The molecule has 1 N–H and O–H groups in total. The Morgan fingerprint density at radius 2 is 1.75 bits per heavy atom. The van der Waals surface area contributed by atoms with Gasteiger partial charge < -0.3 is 10.1 Å². The summed E-state index contributed by atoms with van der Waals surface area (Å²) in [6, 6.07) is 9.56. The Morgan fingerprint density at radius 3 is 2.33 bits per heavy atom. The first-order valence-electron chi connectivity index (χ1n) is 7.93. The third kappa shape index (κ3) is 5.57. The summed E-state index contributed by atoms with van der Waals surface area (Å²) < 4.78 is 5.16. The molecule has 24 heavy (non-hydrogen) atoms. The summed E-state index contributed by atoms with van der Waals surface area (Å²) in [6.07, 6.45) is 0.178. The second kappa shape index (κ2) is 7.81. The number of nitrogens with one attached hydrogen (secondary N) is 1. The Balaban J connectivity index is 1.85. The van der Waals surface area contributed by atoms with Crippen molar-refractivity contribution in [3.63, 3.8) is 0 Å². The topological polar surface area (TPSA) is 89.9 Å². The Hall–Kier alpha value is -2.57. The standard InChI is InChI=1S/C17H23N5O2/c1-12(10-11-24-16(23)18-17(2,3)4)14-19-21-15(22-20-14)13-8-6-5-7-9-13/h5-9,12H,10-11H2,1-4H3,(H,18,23). The summed E-state index contributed by atoms with van der Waals surface area (Å²) in [7, 11) is 0. The van der Waals surface area contributed by atoms with Crippen molar-refractivity contribution in [1.29, 1.82) is 0 Å². The number of carbonyl (C=O) groups excluding carboxylic acids is 1. The van der Waals surface area contributed by atoms with E-state index in [0.29, 0.717) is 18.1 Å². The molecule has 1 heterocycles. The molecule has 1 aromatic carbocycles. The zero-order valence-electron chi connectivity index (χ0n) is 14.5. The maximum Gasteiger partial charge on any atom is 0.407 e. The first-order chi connectivity index (χ1) is 11.3. The summed E-state index contributed by atoms with van der Waals surface area (Å²) in [4.78, 5) is 11.6. The second-order valence-electron chi connectivity index (χ2n) is 6.65. The van der Waals surface area contributed by atoms with Crippen LogP contribution in [0.25, 0.3) is 11.4 Å². The maximum absolute atomic E-state index is 11.6. The van der Waals surface area contributed by atoms with Crippen LogP contribution >= 0.6 is 0 Å². The highest BCUT2D eigenvalue weighted by Gasteiger charge is 2.16. The average Bonchev–Trinajstić information content (AvgIpc) is 2.54. The van der Waals surface area contributed by atoms with Gasteiger partial charge in [-0.05, 0) is 27.2 Å². The van der Waals surface area contributed by atoms with Crippen molar-refractivity contribution < 1.29 is 9.53 Å². The lowest BCUT2D eigenvalue weighted by molar-refractivity contribution is 0.134. The fourth-order valence-electron chi connectivity index (χ4n) is 1.94. The highest BCUT2D eigenvalue weighted by molar-refractivity contribution is 5.68. The first-order valence-corrected chi connectivity index (χ1v) is 7.93. The van der Waals surface area contributed by atoms with Gasteiger partial charge in [-0.3, -0.25) is 0 Å². The van der Waals surface area contributed by atoms with Gasteiger partial charge in [0.1, 0.15) is 0 Å². The van der Waals surface area contributed by atoms with E-state index in [4.69, 9.17) is 4.74 Å². The smallest absolute Gasteiger partial charge is 0.407 e. The van der Waals surface area contributed by atoms with Crippen LogP contribution in [0.5, 0.6) is 0 Å². The summed E-state index contributed by atoms with van der Waals surface area (Å²) in [5.74, 6) is 1.03. The van der Waals surface area contributed by atoms with Crippen molar-refractivity contribution >= 4 is 6.09 Å². The minimum atomic E-state index is -0.425. The number of aromatic nitrogens is 4. The van der Waals surface area contributed by atoms with Gasteiger partial charge in [-0.1, -0.05) is 37.3 Å². The SMILES string of the molecule is CC(CCOC(=O)NC(C)(C)C)c1nnc(-c2ccccc2)nn1. The van der Waals surface area contributed by atoms with Crippen LogP contribution in [0.1, 0.15) is 45.9 Å². The molecule has 7 heteroatoms. The molecule has 0 aliphatic rings. The van der Waals surface area contributed by atoms with E-state index in [1.54, 1.807) is 0 Å². The predicted octanol–water partition coefficient (Wildman–Crippen LogP) is 2.95. The van der Waals surface area contributed by atoms with E-state index in [2.05, 4.69) is 25.7 Å². The molecule has 2 aromatic rings. The number of amides is 1. The third-order valence-electron chi connectivity index (χ3n) is 3.23. The van der Waals surface area contributed by atoms with Crippen molar-refractivity contribution in [3.8, 4) is 11.4 Å². The molecule has 0 radical (unpaired) electrons. The third-order valence-corrected chi connectivity index (χ3v) is 3.23. The van der Waals surface area contributed by atoms with E-state index in [1.807, 2.05) is 58.0 Å². The lowest BCUT2D eigenvalue weighted by atomic mass is 10.1. The van der Waals surface area contributed by atoms with E-state index >= 15 is 0 Å². The van der Waals surface area contributed by atoms with Crippen LogP contribution < -0.4 is 5.32 Å². The van der Waals surface area contributed by atoms with E-state index < -0.39 is 6.09 Å². The minimum absolute atomic E-state index is 0.00254. The van der Waals surface area contributed by atoms with Gasteiger partial charge in [0.15, 0.2) is 5.82 Å². The molecule has 7 nitrogen and oxygen atoms in total. The van der Waals surface area contributed by atoms with Crippen molar-refractivity contribution in [1.82, 2.24) is 25.7 Å². The molecule has 1 aromatic heterocycles.